The average Bonchev–Trinajstić information content (AvgIpc) is 2.75. The molecule has 8 nitrogen and oxygen atoms in total. The fourth-order valence-corrected chi connectivity index (χ4v) is 4.57. The molecule has 1 saturated heterocycles. The number of hydrogen-bond acceptors (Lipinski definition) is 5. The van der Waals surface area contributed by atoms with Crippen LogP contribution in [0.4, 0.5) is 0 Å². The Labute approximate surface area is 193 Å². The molecule has 0 saturated carbocycles. The van der Waals surface area contributed by atoms with Gasteiger partial charge in [-0.15, -0.1) is 0 Å². The number of nitrogens with one attached hydrogen (secondary N) is 1. The molecule has 10 heteroatoms. The van der Waals surface area contributed by atoms with Crippen LogP contribution in [0.1, 0.15) is 18.1 Å². The second-order valence-corrected chi connectivity index (χ2v) is 10.4. The summed E-state index contributed by atoms with van der Waals surface area (Å²) in [5.41, 5.74) is 0.184. The van der Waals surface area contributed by atoms with E-state index in [-0.39, 0.29) is 26.2 Å². The summed E-state index contributed by atoms with van der Waals surface area (Å²) in [6.45, 7) is 1.47. The van der Waals surface area contributed by atoms with Crippen LogP contribution in [-0.2, 0) is 32.7 Å². The molecule has 2 amide bonds. The third-order valence-electron chi connectivity index (χ3n) is 5.49. The topological polar surface area (TPSA) is 96.0 Å². The lowest BCUT2D eigenvalue weighted by atomic mass is 9.94. The molecular formula is C22H26ClN3O5S. The monoisotopic (exact) mass is 479 g/mol. The molecule has 1 atom stereocenters. The maximum atomic E-state index is 13.3. The minimum Gasteiger partial charge on any atom is -0.497 e. The fourth-order valence-electron chi connectivity index (χ4n) is 3.62. The Hall–Kier alpha value is -2.62. The van der Waals surface area contributed by atoms with Gasteiger partial charge in [0, 0.05) is 24.7 Å². The van der Waals surface area contributed by atoms with Gasteiger partial charge in [0.25, 0.3) is 0 Å². The van der Waals surface area contributed by atoms with Crippen molar-refractivity contribution in [2.45, 2.75) is 25.6 Å². The number of halogens is 1. The molecule has 172 valence electrons. The lowest BCUT2D eigenvalue weighted by Gasteiger charge is -2.46. The molecule has 0 spiro atoms. The van der Waals surface area contributed by atoms with E-state index < -0.39 is 27.4 Å². The number of nitrogens with zero attached hydrogens (tertiary/aromatic N) is 2. The van der Waals surface area contributed by atoms with Crippen LogP contribution in [0, 0.1) is 0 Å². The first-order valence-corrected chi connectivity index (χ1v) is 12.2. The minimum absolute atomic E-state index is 0.137. The molecule has 0 aliphatic carbocycles. The SMILES string of the molecule is COc1cccc(CN2C(=O)CN(S(C)(=O)=O)C[C@@]2(C)C(=O)NCc2ccc(Cl)cc2)c1. The number of amides is 2. The van der Waals surface area contributed by atoms with E-state index in [4.69, 9.17) is 16.3 Å². The van der Waals surface area contributed by atoms with Crippen LogP contribution in [-0.4, -0.2) is 61.4 Å². The molecule has 32 heavy (non-hydrogen) atoms. The first-order chi connectivity index (χ1) is 15.0. The van der Waals surface area contributed by atoms with E-state index in [2.05, 4.69) is 5.32 Å². The Morgan fingerprint density at radius 3 is 2.50 bits per heavy atom. The molecule has 0 unspecified atom stereocenters. The van der Waals surface area contributed by atoms with Crippen molar-refractivity contribution in [3.8, 4) is 5.75 Å². The van der Waals surface area contributed by atoms with Crippen LogP contribution in [0.25, 0.3) is 0 Å². The number of ether oxygens (including phenoxy) is 1. The van der Waals surface area contributed by atoms with Gasteiger partial charge < -0.3 is 15.0 Å². The second-order valence-electron chi connectivity index (χ2n) is 7.95. The second kappa shape index (κ2) is 9.48. The van der Waals surface area contributed by atoms with Gasteiger partial charge in [-0.1, -0.05) is 35.9 Å². The number of hydrogen-bond donors (Lipinski definition) is 1. The van der Waals surface area contributed by atoms with Crippen LogP contribution in [0.2, 0.25) is 5.02 Å². The Morgan fingerprint density at radius 1 is 1.19 bits per heavy atom. The van der Waals surface area contributed by atoms with Crippen molar-refractivity contribution in [2.75, 3.05) is 26.5 Å². The molecule has 1 aliphatic rings. The summed E-state index contributed by atoms with van der Waals surface area (Å²) >= 11 is 5.91. The van der Waals surface area contributed by atoms with E-state index >= 15 is 0 Å². The zero-order valence-corrected chi connectivity index (χ0v) is 19.7. The predicted octanol–water partition coefficient (Wildman–Crippen LogP) is 2.03. The number of methoxy groups -OCH3 is 1. The zero-order valence-electron chi connectivity index (χ0n) is 18.2. The first kappa shape index (κ1) is 24.0. The van der Waals surface area contributed by atoms with Gasteiger partial charge in [0.15, 0.2) is 0 Å². The van der Waals surface area contributed by atoms with Gasteiger partial charge in [0.05, 0.1) is 19.9 Å². The van der Waals surface area contributed by atoms with Gasteiger partial charge in [-0.25, -0.2) is 8.42 Å². The Kier molecular flexibility index (Phi) is 7.12. The molecule has 1 aliphatic heterocycles. The number of piperazine rings is 1. The van der Waals surface area contributed by atoms with Crippen molar-refractivity contribution in [1.29, 1.82) is 0 Å². The van der Waals surface area contributed by atoms with Gasteiger partial charge in [-0.05, 0) is 42.3 Å². The van der Waals surface area contributed by atoms with Gasteiger partial charge in [-0.2, -0.15) is 4.31 Å². The molecule has 3 rings (SSSR count). The average molecular weight is 480 g/mol. The molecule has 0 aromatic heterocycles. The quantitative estimate of drug-likeness (QED) is 0.655. The van der Waals surface area contributed by atoms with E-state index in [0.717, 1.165) is 21.7 Å². The van der Waals surface area contributed by atoms with Crippen molar-refractivity contribution in [3.05, 3.63) is 64.7 Å². The number of rotatable bonds is 7. The van der Waals surface area contributed by atoms with Crippen molar-refractivity contribution >= 4 is 33.4 Å². The molecule has 2 aromatic carbocycles. The molecule has 0 bridgehead atoms. The van der Waals surface area contributed by atoms with E-state index in [1.165, 1.54) is 4.90 Å². The van der Waals surface area contributed by atoms with Crippen LogP contribution in [0.15, 0.2) is 48.5 Å². The van der Waals surface area contributed by atoms with Gasteiger partial charge in [-0.3, -0.25) is 9.59 Å². The molecule has 1 heterocycles. The van der Waals surface area contributed by atoms with Crippen LogP contribution in [0.5, 0.6) is 5.75 Å². The standard InChI is InChI=1S/C22H26ClN3O5S/c1-22(21(28)24-12-16-7-9-18(23)10-8-16)15-25(32(3,29)30)14-20(27)26(22)13-17-5-4-6-19(11-17)31-2/h4-11H,12-15H2,1-3H3,(H,24,28)/t22-/m0/s1. The van der Waals surface area contributed by atoms with Crippen molar-refractivity contribution in [3.63, 3.8) is 0 Å². The number of sulfonamides is 1. The van der Waals surface area contributed by atoms with Crippen molar-refractivity contribution in [1.82, 2.24) is 14.5 Å². The van der Waals surface area contributed by atoms with Gasteiger partial charge in [0.1, 0.15) is 11.3 Å². The zero-order chi connectivity index (χ0) is 23.5. The summed E-state index contributed by atoms with van der Waals surface area (Å²) in [6, 6.07) is 14.2. The maximum absolute atomic E-state index is 13.3. The van der Waals surface area contributed by atoms with Crippen LogP contribution < -0.4 is 10.1 Å². The Balaban J connectivity index is 1.88. The molecule has 1 fully saturated rings. The Morgan fingerprint density at radius 2 is 1.88 bits per heavy atom. The van der Waals surface area contributed by atoms with Gasteiger partial charge >= 0.3 is 0 Å². The molecule has 0 radical (unpaired) electrons. The highest BCUT2D eigenvalue weighted by Gasteiger charge is 2.49. The number of benzene rings is 2. The minimum atomic E-state index is -3.67. The summed E-state index contributed by atoms with van der Waals surface area (Å²) in [5, 5.41) is 3.42. The highest BCUT2D eigenvalue weighted by molar-refractivity contribution is 7.88. The highest BCUT2D eigenvalue weighted by Crippen LogP contribution is 2.28. The normalized spacial score (nSPS) is 19.6. The Bertz CT molecular complexity index is 1110. The van der Waals surface area contributed by atoms with Crippen molar-refractivity contribution in [2.24, 2.45) is 0 Å². The third-order valence-corrected chi connectivity index (χ3v) is 6.94. The van der Waals surface area contributed by atoms with Crippen LogP contribution >= 0.6 is 11.6 Å². The number of carbonyl (C=O) groups is 2. The van der Waals surface area contributed by atoms with E-state index in [1.54, 1.807) is 56.5 Å². The van der Waals surface area contributed by atoms with Crippen molar-refractivity contribution < 1.29 is 22.7 Å². The first-order valence-electron chi connectivity index (χ1n) is 9.94. The summed E-state index contributed by atoms with van der Waals surface area (Å²) < 4.78 is 30.7. The molecule has 1 N–H and O–H groups in total. The van der Waals surface area contributed by atoms with E-state index in [1.807, 2.05) is 6.07 Å². The number of carbonyl (C=O) groups excluding carboxylic acids is 2. The largest absolute Gasteiger partial charge is 0.497 e. The van der Waals surface area contributed by atoms with E-state index in [9.17, 15) is 18.0 Å². The third kappa shape index (κ3) is 5.40. The molecular weight excluding hydrogens is 454 g/mol. The summed E-state index contributed by atoms with van der Waals surface area (Å²) in [6.07, 6.45) is 1.03. The summed E-state index contributed by atoms with van der Waals surface area (Å²) in [4.78, 5) is 27.8. The lowest BCUT2D eigenvalue weighted by Crippen LogP contribution is -2.69. The summed E-state index contributed by atoms with van der Waals surface area (Å²) in [7, 11) is -2.13. The van der Waals surface area contributed by atoms with E-state index in [0.29, 0.717) is 10.8 Å². The smallest absolute Gasteiger partial charge is 0.247 e. The summed E-state index contributed by atoms with van der Waals surface area (Å²) in [5.74, 6) is -0.274. The van der Waals surface area contributed by atoms with Gasteiger partial charge in [0.2, 0.25) is 21.8 Å². The fraction of sp³-hybridized carbons (Fsp3) is 0.364. The molecule has 2 aromatic rings. The lowest BCUT2D eigenvalue weighted by molar-refractivity contribution is -0.153. The maximum Gasteiger partial charge on any atom is 0.247 e. The van der Waals surface area contributed by atoms with Crippen LogP contribution in [0.3, 0.4) is 0 Å². The predicted molar refractivity (Wildman–Crippen MR) is 122 cm³/mol. The highest BCUT2D eigenvalue weighted by atomic mass is 35.5.